The number of rotatable bonds is 25. The number of ether oxygens (including phenoxy) is 4. The smallest absolute Gasteiger partial charge is 0.347 e. The zero-order valence-corrected chi connectivity index (χ0v) is 33.7. The third-order valence-electron chi connectivity index (χ3n) is 7.97. The second kappa shape index (κ2) is 27.3. The third-order valence-corrected chi connectivity index (χ3v) is 7.97. The number of nitrogens with one attached hydrogen (secondary N) is 1. The summed E-state index contributed by atoms with van der Waals surface area (Å²) < 4.78 is 21.7. The van der Waals surface area contributed by atoms with Crippen molar-refractivity contribution in [1.29, 1.82) is 0 Å². The van der Waals surface area contributed by atoms with Crippen LogP contribution in [0.15, 0.2) is 121 Å². The molecule has 0 fully saturated rings. The number of carbonyl (C=O) groups is 6. The number of para-hydroxylation sites is 2. The van der Waals surface area contributed by atoms with Gasteiger partial charge in [-0.3, -0.25) is 19.2 Å². The van der Waals surface area contributed by atoms with Gasteiger partial charge in [0.1, 0.15) is 29.2 Å². The first-order chi connectivity index (χ1) is 27.9. The summed E-state index contributed by atoms with van der Waals surface area (Å²) in [6.45, 7) is 5.81. The minimum Gasteiger partial charge on any atom is -0.481 e. The molecule has 2 rings (SSSR count). The lowest BCUT2D eigenvalue weighted by Crippen LogP contribution is -2.49. The molecule has 0 aliphatic rings. The van der Waals surface area contributed by atoms with Crippen LogP contribution in [-0.2, 0) is 28.7 Å². The Labute approximate surface area is 341 Å². The molecule has 58 heavy (non-hydrogen) atoms. The van der Waals surface area contributed by atoms with Crippen LogP contribution in [0, 0.1) is 5.41 Å². The monoisotopic (exact) mass is 797 g/mol. The van der Waals surface area contributed by atoms with Crippen LogP contribution in [0.1, 0.15) is 99.8 Å². The quantitative estimate of drug-likeness (QED) is 0.0560. The van der Waals surface area contributed by atoms with Crippen LogP contribution in [0.4, 0.5) is 0 Å². The molecule has 12 nitrogen and oxygen atoms in total. The number of esters is 4. The minimum atomic E-state index is -1.57. The number of hydrogen-bond donors (Lipinski definition) is 2. The lowest BCUT2D eigenvalue weighted by molar-refractivity contribution is -0.153. The van der Waals surface area contributed by atoms with E-state index in [1.54, 1.807) is 26.0 Å². The van der Waals surface area contributed by atoms with Gasteiger partial charge in [-0.2, -0.15) is 0 Å². The number of allylic oxidation sites excluding steroid dienone is 11. The van der Waals surface area contributed by atoms with E-state index in [0.717, 1.165) is 32.1 Å². The average Bonchev–Trinajstić information content (AvgIpc) is 3.18. The van der Waals surface area contributed by atoms with Crippen molar-refractivity contribution < 1.29 is 52.8 Å². The molecule has 1 amide bonds. The summed E-state index contributed by atoms with van der Waals surface area (Å²) in [6, 6.07) is 11.5. The van der Waals surface area contributed by atoms with Crippen molar-refractivity contribution in [3.8, 4) is 11.5 Å². The molecular weight excluding hydrogens is 743 g/mol. The fraction of sp³-hybridized carbons (Fsp3) is 0.348. The number of amides is 1. The number of aliphatic carboxylic acids is 1. The summed E-state index contributed by atoms with van der Waals surface area (Å²) >= 11 is 0. The van der Waals surface area contributed by atoms with Crippen LogP contribution in [0.5, 0.6) is 11.5 Å². The molecule has 1 atom stereocenters. The lowest BCUT2D eigenvalue weighted by atomic mass is 9.86. The van der Waals surface area contributed by atoms with Crippen LogP contribution in [0.25, 0.3) is 0 Å². The van der Waals surface area contributed by atoms with Crippen molar-refractivity contribution in [3.63, 3.8) is 0 Å². The molecule has 0 spiro atoms. The fourth-order valence-corrected chi connectivity index (χ4v) is 4.98. The Bertz CT molecular complexity index is 1850. The van der Waals surface area contributed by atoms with E-state index in [0.29, 0.717) is 6.42 Å². The maximum absolute atomic E-state index is 13.6. The van der Waals surface area contributed by atoms with E-state index in [9.17, 15) is 28.8 Å². The van der Waals surface area contributed by atoms with Crippen LogP contribution in [-0.4, -0.2) is 60.1 Å². The van der Waals surface area contributed by atoms with Gasteiger partial charge >= 0.3 is 29.8 Å². The summed E-state index contributed by atoms with van der Waals surface area (Å²) in [5.41, 5.74) is -1.59. The number of carboxylic acid groups (broad SMARTS) is 1. The van der Waals surface area contributed by atoms with Crippen LogP contribution < -0.4 is 14.8 Å². The van der Waals surface area contributed by atoms with E-state index >= 15 is 0 Å². The molecule has 0 aromatic heterocycles. The number of carboxylic acids is 1. The average molecular weight is 798 g/mol. The molecule has 0 aliphatic carbocycles. The molecule has 0 aliphatic heterocycles. The molecule has 0 heterocycles. The van der Waals surface area contributed by atoms with Gasteiger partial charge in [0.15, 0.2) is 6.10 Å². The predicted molar refractivity (Wildman–Crippen MR) is 221 cm³/mol. The normalized spacial score (nSPS) is 12.5. The maximum Gasteiger partial charge on any atom is 0.347 e. The summed E-state index contributed by atoms with van der Waals surface area (Å²) in [7, 11) is 0. The maximum atomic E-state index is 13.6. The van der Waals surface area contributed by atoms with E-state index < -0.39 is 47.3 Å². The predicted octanol–water partition coefficient (Wildman–Crippen LogP) is 8.60. The highest BCUT2D eigenvalue weighted by Gasteiger charge is 2.40. The topological polar surface area (TPSA) is 172 Å². The van der Waals surface area contributed by atoms with Gasteiger partial charge in [-0.05, 0) is 62.8 Å². The zero-order valence-electron chi connectivity index (χ0n) is 33.7. The molecule has 2 aromatic carbocycles. The van der Waals surface area contributed by atoms with E-state index in [2.05, 4.69) is 60.8 Å². The number of benzene rings is 2. The Morgan fingerprint density at radius 2 is 1.14 bits per heavy atom. The minimum absolute atomic E-state index is 0.0324. The van der Waals surface area contributed by atoms with E-state index in [1.807, 2.05) is 18.2 Å². The van der Waals surface area contributed by atoms with Gasteiger partial charge in [-0.25, -0.2) is 9.59 Å². The second-order valence-corrected chi connectivity index (χ2v) is 13.5. The molecule has 2 aromatic rings. The first-order valence-corrected chi connectivity index (χ1v) is 19.2. The first-order valence-electron chi connectivity index (χ1n) is 19.2. The van der Waals surface area contributed by atoms with E-state index in [-0.39, 0.29) is 48.6 Å². The molecule has 0 saturated carbocycles. The van der Waals surface area contributed by atoms with Gasteiger partial charge in [-0.15, -0.1) is 0 Å². The third kappa shape index (κ3) is 19.5. The number of hydrogen-bond acceptors (Lipinski definition) is 10. The Kier molecular flexibility index (Phi) is 22.5. The highest BCUT2D eigenvalue weighted by molar-refractivity contribution is 5.99. The summed E-state index contributed by atoms with van der Waals surface area (Å²) in [5, 5.41) is 11.5. The van der Waals surface area contributed by atoms with Gasteiger partial charge in [0, 0.05) is 18.9 Å². The van der Waals surface area contributed by atoms with Gasteiger partial charge in [0.2, 0.25) is 0 Å². The van der Waals surface area contributed by atoms with Gasteiger partial charge < -0.3 is 29.4 Å². The number of carbonyl (C=O) groups excluding carboxylic acids is 5. The van der Waals surface area contributed by atoms with Gasteiger partial charge in [-0.1, -0.05) is 118 Å². The van der Waals surface area contributed by atoms with Crippen molar-refractivity contribution in [2.75, 3.05) is 13.2 Å². The Morgan fingerprint density at radius 3 is 1.64 bits per heavy atom. The Balaban J connectivity index is 1.97. The SMILES string of the molecule is CCC=CCC=CCC=CCC=CCC=CCC=CCC(=O)OCC(C)(C)[C@@H](OC(=O)c1ccccc1OC(=O)c1ccccc1OC(C)=O)C(=O)NCCC(=O)O. The highest BCUT2D eigenvalue weighted by atomic mass is 16.6. The molecule has 0 unspecified atom stereocenters. The molecule has 2 N–H and O–H groups in total. The summed E-state index contributed by atoms with van der Waals surface area (Å²) in [6.07, 6.45) is 27.9. The molecule has 0 saturated heterocycles. The second-order valence-electron chi connectivity index (χ2n) is 13.5. The molecule has 0 radical (unpaired) electrons. The van der Waals surface area contributed by atoms with Crippen molar-refractivity contribution in [3.05, 3.63) is 133 Å². The first kappa shape index (κ1) is 47.9. The van der Waals surface area contributed by atoms with Crippen molar-refractivity contribution >= 4 is 35.8 Å². The standard InChI is InChI=1S/C46H55NO11/c1-5-6-7-8-9-10-11-12-13-14-15-16-17-18-19-20-21-22-31-41(51)55-34-46(3,4)42(43(52)47-33-32-40(49)50)58-45(54)37-28-24-26-30-39(37)57-44(53)36-27-23-25-29-38(36)56-35(2)48/h6-7,9-10,12-13,15-16,18-19,21-30,42H,5,8,11,14,17,20,31-34H2,1-4H3,(H,47,52)(H,49,50)/t42-/m0/s1. The fourth-order valence-electron chi connectivity index (χ4n) is 4.98. The largest absolute Gasteiger partial charge is 0.481 e. The van der Waals surface area contributed by atoms with E-state index in [4.69, 9.17) is 24.1 Å². The molecular formula is C46H55NO11. The Morgan fingerprint density at radius 1 is 0.672 bits per heavy atom. The van der Waals surface area contributed by atoms with E-state index in [1.165, 1.54) is 49.4 Å². The van der Waals surface area contributed by atoms with Gasteiger partial charge in [0.05, 0.1) is 12.8 Å². The zero-order chi connectivity index (χ0) is 42.6. The summed E-state index contributed by atoms with van der Waals surface area (Å²) in [5.74, 6) is -5.43. The van der Waals surface area contributed by atoms with Crippen LogP contribution in [0.3, 0.4) is 0 Å². The van der Waals surface area contributed by atoms with Crippen molar-refractivity contribution in [1.82, 2.24) is 5.32 Å². The molecule has 0 bridgehead atoms. The molecule has 310 valence electrons. The molecule has 12 heteroatoms. The summed E-state index contributed by atoms with van der Waals surface area (Å²) in [4.78, 5) is 75.3. The highest BCUT2D eigenvalue weighted by Crippen LogP contribution is 2.29. The van der Waals surface area contributed by atoms with Crippen molar-refractivity contribution in [2.45, 2.75) is 85.2 Å². The van der Waals surface area contributed by atoms with Crippen molar-refractivity contribution in [2.24, 2.45) is 5.41 Å². The van der Waals surface area contributed by atoms with Crippen LogP contribution >= 0.6 is 0 Å². The van der Waals surface area contributed by atoms with Gasteiger partial charge in [0.25, 0.3) is 5.91 Å². The van der Waals surface area contributed by atoms with Crippen LogP contribution in [0.2, 0.25) is 0 Å². The Hall–Kier alpha value is -6.30. The lowest BCUT2D eigenvalue weighted by Gasteiger charge is -2.32.